The van der Waals surface area contributed by atoms with Crippen LogP contribution in [0, 0.1) is 5.41 Å². The zero-order chi connectivity index (χ0) is 16.8. The van der Waals surface area contributed by atoms with Crippen LogP contribution in [0.4, 0.5) is 22.0 Å². The summed E-state index contributed by atoms with van der Waals surface area (Å²) in [4.78, 5) is 0. The fourth-order valence-corrected chi connectivity index (χ4v) is 2.45. The quantitative estimate of drug-likeness (QED) is 0.783. The summed E-state index contributed by atoms with van der Waals surface area (Å²) in [5.74, 6) is -4.93. The molecule has 0 spiro atoms. The number of hydrogen-bond acceptors (Lipinski definition) is 2. The lowest BCUT2D eigenvalue weighted by molar-refractivity contribution is -0.292. The van der Waals surface area contributed by atoms with Crippen LogP contribution in [0.15, 0.2) is 6.07 Å². The van der Waals surface area contributed by atoms with Crippen LogP contribution in [0.25, 0.3) is 0 Å². The van der Waals surface area contributed by atoms with Gasteiger partial charge in [-0.25, -0.2) is 0 Å². The molecular formula is C14H19F5N2O. The molecule has 1 unspecified atom stereocenters. The van der Waals surface area contributed by atoms with Gasteiger partial charge in [0.1, 0.15) is 5.69 Å². The Kier molecular flexibility index (Phi) is 4.27. The molecule has 1 atom stereocenters. The number of aromatic nitrogens is 2. The van der Waals surface area contributed by atoms with E-state index in [1.54, 1.807) is 0 Å². The van der Waals surface area contributed by atoms with Crippen molar-refractivity contribution in [3.05, 3.63) is 17.5 Å². The van der Waals surface area contributed by atoms with Gasteiger partial charge in [0.15, 0.2) is 0 Å². The highest BCUT2D eigenvalue weighted by atomic mass is 19.4. The van der Waals surface area contributed by atoms with Crippen LogP contribution in [0.1, 0.15) is 44.6 Å². The first kappa shape index (κ1) is 17.2. The molecule has 1 fully saturated rings. The minimum atomic E-state index is -5.65. The summed E-state index contributed by atoms with van der Waals surface area (Å²) in [5, 5.41) is 4.01. The van der Waals surface area contributed by atoms with E-state index >= 15 is 0 Å². The van der Waals surface area contributed by atoms with Gasteiger partial charge in [-0.15, -0.1) is 0 Å². The molecule has 1 aliphatic rings. The maximum Gasteiger partial charge on any atom is 0.459 e. The van der Waals surface area contributed by atoms with Gasteiger partial charge in [-0.1, -0.05) is 20.8 Å². The molecule has 2 heterocycles. The number of nitrogens with zero attached hydrogens (tertiary/aromatic N) is 2. The Morgan fingerprint density at radius 3 is 2.32 bits per heavy atom. The molecule has 0 amide bonds. The molecule has 1 aromatic rings. The van der Waals surface area contributed by atoms with Gasteiger partial charge in [-0.3, -0.25) is 4.68 Å². The molecule has 0 aliphatic carbocycles. The smallest absolute Gasteiger partial charge is 0.379 e. The Morgan fingerprint density at radius 2 is 1.86 bits per heavy atom. The second-order valence-corrected chi connectivity index (χ2v) is 6.79. The topological polar surface area (TPSA) is 27.1 Å². The zero-order valence-electron chi connectivity index (χ0n) is 12.7. The zero-order valence-corrected chi connectivity index (χ0v) is 12.7. The van der Waals surface area contributed by atoms with Crippen molar-refractivity contribution < 1.29 is 26.7 Å². The molecule has 22 heavy (non-hydrogen) atoms. The maximum absolute atomic E-state index is 13.8. The number of halogens is 5. The van der Waals surface area contributed by atoms with Gasteiger partial charge in [-0.05, 0) is 24.3 Å². The predicted molar refractivity (Wildman–Crippen MR) is 69.8 cm³/mol. The van der Waals surface area contributed by atoms with E-state index in [0.29, 0.717) is 19.4 Å². The molecule has 1 aliphatic heterocycles. The summed E-state index contributed by atoms with van der Waals surface area (Å²) >= 11 is 0. The molecular weight excluding hydrogens is 307 g/mol. The minimum absolute atomic E-state index is 0.0948. The molecule has 0 saturated carbocycles. The molecule has 0 bridgehead atoms. The normalized spacial score (nSPS) is 20.6. The largest absolute Gasteiger partial charge is 0.459 e. The van der Waals surface area contributed by atoms with Crippen LogP contribution in [0.5, 0.6) is 0 Å². The third-order valence-corrected chi connectivity index (χ3v) is 3.43. The molecule has 2 rings (SSSR count). The Bertz CT molecular complexity index is 524. The van der Waals surface area contributed by atoms with Crippen LogP contribution in [-0.4, -0.2) is 29.2 Å². The van der Waals surface area contributed by atoms with Crippen molar-refractivity contribution in [1.82, 2.24) is 9.78 Å². The molecule has 1 saturated heterocycles. The fourth-order valence-electron chi connectivity index (χ4n) is 2.45. The van der Waals surface area contributed by atoms with Crippen molar-refractivity contribution in [3.63, 3.8) is 0 Å². The molecule has 1 aromatic heterocycles. The lowest BCUT2D eigenvalue weighted by Crippen LogP contribution is -2.36. The van der Waals surface area contributed by atoms with Crippen molar-refractivity contribution >= 4 is 0 Å². The van der Waals surface area contributed by atoms with E-state index in [1.807, 2.05) is 20.8 Å². The third kappa shape index (κ3) is 3.42. The maximum atomic E-state index is 13.8. The number of ether oxygens (including phenoxy) is 1. The van der Waals surface area contributed by atoms with E-state index < -0.39 is 23.8 Å². The molecule has 8 heteroatoms. The SMILES string of the molecule is CC(C)(C)Cc1cc(C(F)(F)C(F)(F)F)n(C2CCOC2)n1. The first-order chi connectivity index (χ1) is 9.92. The Morgan fingerprint density at radius 1 is 1.23 bits per heavy atom. The number of alkyl halides is 5. The van der Waals surface area contributed by atoms with Crippen molar-refractivity contribution in [2.45, 2.75) is 51.8 Å². The van der Waals surface area contributed by atoms with E-state index in [0.717, 1.165) is 10.7 Å². The monoisotopic (exact) mass is 326 g/mol. The van der Waals surface area contributed by atoms with E-state index in [4.69, 9.17) is 4.74 Å². The molecule has 3 nitrogen and oxygen atoms in total. The van der Waals surface area contributed by atoms with Gasteiger partial charge >= 0.3 is 12.1 Å². The first-order valence-corrected chi connectivity index (χ1v) is 7.03. The van der Waals surface area contributed by atoms with Crippen LogP contribution in [-0.2, 0) is 17.1 Å². The van der Waals surface area contributed by atoms with Crippen molar-refractivity contribution in [1.29, 1.82) is 0 Å². The van der Waals surface area contributed by atoms with Gasteiger partial charge in [0.05, 0.1) is 18.3 Å². The predicted octanol–water partition coefficient (Wildman–Crippen LogP) is 4.09. The van der Waals surface area contributed by atoms with E-state index in [2.05, 4.69) is 5.10 Å². The highest BCUT2D eigenvalue weighted by Gasteiger charge is 2.61. The lowest BCUT2D eigenvalue weighted by atomic mass is 9.90. The summed E-state index contributed by atoms with van der Waals surface area (Å²) < 4.78 is 71.6. The van der Waals surface area contributed by atoms with Crippen LogP contribution in [0.2, 0.25) is 0 Å². The highest BCUT2D eigenvalue weighted by Crippen LogP contribution is 2.45. The van der Waals surface area contributed by atoms with Crippen molar-refractivity contribution in [2.75, 3.05) is 13.2 Å². The van der Waals surface area contributed by atoms with Gasteiger partial charge in [-0.2, -0.15) is 27.1 Å². The highest BCUT2D eigenvalue weighted by molar-refractivity contribution is 5.19. The first-order valence-electron chi connectivity index (χ1n) is 7.03. The average Bonchev–Trinajstić information content (AvgIpc) is 2.92. The summed E-state index contributed by atoms with van der Waals surface area (Å²) in [7, 11) is 0. The summed E-state index contributed by atoms with van der Waals surface area (Å²) in [5.41, 5.74) is -1.14. The molecule has 0 N–H and O–H groups in total. The summed E-state index contributed by atoms with van der Waals surface area (Å²) in [6.07, 6.45) is -4.96. The molecule has 126 valence electrons. The van der Waals surface area contributed by atoms with Gasteiger partial charge in [0.2, 0.25) is 0 Å². The van der Waals surface area contributed by atoms with Gasteiger partial charge in [0, 0.05) is 6.61 Å². The van der Waals surface area contributed by atoms with E-state index in [9.17, 15) is 22.0 Å². The number of hydrogen-bond donors (Lipinski definition) is 0. The van der Waals surface area contributed by atoms with E-state index in [-0.39, 0.29) is 17.7 Å². The van der Waals surface area contributed by atoms with E-state index in [1.165, 1.54) is 0 Å². The second-order valence-electron chi connectivity index (χ2n) is 6.79. The Hall–Kier alpha value is -1.18. The molecule has 0 radical (unpaired) electrons. The summed E-state index contributed by atoms with van der Waals surface area (Å²) in [6.45, 7) is 6.03. The second kappa shape index (κ2) is 5.47. The standard InChI is InChI=1S/C14H19F5N2O/c1-12(2,3)7-9-6-11(13(15,16)14(17,18)19)21(20-9)10-4-5-22-8-10/h6,10H,4-5,7-8H2,1-3H3. The van der Waals surface area contributed by atoms with Crippen LogP contribution < -0.4 is 0 Å². The van der Waals surface area contributed by atoms with Crippen LogP contribution >= 0.6 is 0 Å². The Labute approximate surface area is 125 Å². The Balaban J connectivity index is 2.46. The van der Waals surface area contributed by atoms with Crippen molar-refractivity contribution in [3.8, 4) is 0 Å². The lowest BCUT2D eigenvalue weighted by Gasteiger charge is -2.22. The molecule has 0 aromatic carbocycles. The average molecular weight is 326 g/mol. The van der Waals surface area contributed by atoms with Gasteiger partial charge in [0.25, 0.3) is 0 Å². The van der Waals surface area contributed by atoms with Gasteiger partial charge < -0.3 is 4.74 Å². The number of rotatable bonds is 3. The third-order valence-electron chi connectivity index (χ3n) is 3.43. The van der Waals surface area contributed by atoms with Crippen molar-refractivity contribution in [2.24, 2.45) is 5.41 Å². The minimum Gasteiger partial charge on any atom is -0.379 e. The summed E-state index contributed by atoms with van der Waals surface area (Å²) in [6, 6.07) is 0.286. The fraction of sp³-hybridized carbons (Fsp3) is 0.786. The van der Waals surface area contributed by atoms with Crippen LogP contribution in [0.3, 0.4) is 0 Å².